The van der Waals surface area contributed by atoms with Crippen molar-refractivity contribution in [3.05, 3.63) is 215 Å². The molecule has 3 aliphatic rings. The van der Waals surface area contributed by atoms with Gasteiger partial charge in [-0.25, -0.2) is 0 Å². The van der Waals surface area contributed by atoms with E-state index in [1.165, 1.54) is 144 Å². The molecular formula is C64H48. The molecule has 0 fully saturated rings. The Balaban J connectivity index is 1.02. The van der Waals surface area contributed by atoms with Crippen LogP contribution in [0.15, 0.2) is 182 Å². The van der Waals surface area contributed by atoms with Crippen LogP contribution in [-0.2, 0) is 10.8 Å². The van der Waals surface area contributed by atoms with E-state index in [-0.39, 0.29) is 10.8 Å². The molecule has 13 rings (SSSR count). The maximum absolute atomic E-state index is 2.54. The minimum Gasteiger partial charge on any atom is -0.0620 e. The first kappa shape index (κ1) is 37.3. The zero-order valence-corrected chi connectivity index (χ0v) is 37.3. The van der Waals surface area contributed by atoms with Gasteiger partial charge in [0.25, 0.3) is 0 Å². The molecule has 304 valence electrons. The Hall–Kier alpha value is -7.28. The van der Waals surface area contributed by atoms with Crippen molar-refractivity contribution in [1.29, 1.82) is 0 Å². The van der Waals surface area contributed by atoms with E-state index >= 15 is 0 Å². The third-order valence-electron chi connectivity index (χ3n) is 15.5. The Morgan fingerprint density at radius 1 is 0.281 bits per heavy atom. The maximum Gasteiger partial charge on any atom is 0.0159 e. The van der Waals surface area contributed by atoms with Crippen LogP contribution < -0.4 is 0 Å². The van der Waals surface area contributed by atoms with Crippen molar-refractivity contribution in [3.63, 3.8) is 0 Å². The first-order chi connectivity index (χ1) is 31.1. The van der Waals surface area contributed by atoms with Gasteiger partial charge in [0, 0.05) is 10.8 Å². The Bertz CT molecular complexity index is 3440. The van der Waals surface area contributed by atoms with E-state index in [0.717, 1.165) is 0 Å². The molecule has 0 spiro atoms. The predicted octanol–water partition coefficient (Wildman–Crippen LogP) is 17.5. The normalized spacial score (nSPS) is 14.3. The number of hydrogen-bond donors (Lipinski definition) is 0. The van der Waals surface area contributed by atoms with Crippen molar-refractivity contribution < 1.29 is 0 Å². The van der Waals surface area contributed by atoms with Gasteiger partial charge >= 0.3 is 0 Å². The monoisotopic (exact) mass is 816 g/mol. The molecule has 0 unspecified atom stereocenters. The minimum atomic E-state index is -0.170. The lowest BCUT2D eigenvalue weighted by molar-refractivity contribution is 0.660. The molecule has 10 aromatic rings. The number of hydrogen-bond acceptors (Lipinski definition) is 0. The first-order valence-electron chi connectivity index (χ1n) is 22.9. The van der Waals surface area contributed by atoms with Crippen LogP contribution >= 0.6 is 0 Å². The van der Waals surface area contributed by atoms with E-state index in [0.29, 0.717) is 0 Å². The highest BCUT2D eigenvalue weighted by Gasteiger charge is 2.39. The van der Waals surface area contributed by atoms with Gasteiger partial charge in [-0.3, -0.25) is 0 Å². The fourth-order valence-corrected chi connectivity index (χ4v) is 12.2. The van der Waals surface area contributed by atoms with Crippen molar-refractivity contribution in [2.75, 3.05) is 0 Å². The summed E-state index contributed by atoms with van der Waals surface area (Å²) in [5.74, 6) is 0. The smallest absolute Gasteiger partial charge is 0.0159 e. The molecule has 0 saturated heterocycles. The SMILES string of the molecule is Cc1ccccc1-c1ccc2c(c1)C(C)(C)c1cc(-c3c4c(c(-c5ccc6c(c5)C(C)(C)c5cc(-c7ccccc7C)ccc5-6)c5ccccc35)-c3cccc5cccc-4c35)ccc1-2. The zero-order valence-electron chi connectivity index (χ0n) is 37.3. The Morgan fingerprint density at radius 3 is 1.03 bits per heavy atom. The molecule has 0 heterocycles. The van der Waals surface area contributed by atoms with Crippen molar-refractivity contribution >= 4 is 21.5 Å². The highest BCUT2D eigenvalue weighted by molar-refractivity contribution is 6.27. The largest absolute Gasteiger partial charge is 0.0620 e. The Morgan fingerprint density at radius 2 is 0.625 bits per heavy atom. The van der Waals surface area contributed by atoms with Gasteiger partial charge in [0.2, 0.25) is 0 Å². The number of rotatable bonds is 4. The van der Waals surface area contributed by atoms with Gasteiger partial charge in [-0.15, -0.1) is 0 Å². The van der Waals surface area contributed by atoms with E-state index in [2.05, 4.69) is 224 Å². The highest BCUT2D eigenvalue weighted by Crippen LogP contribution is 2.60. The van der Waals surface area contributed by atoms with Crippen LogP contribution in [0.3, 0.4) is 0 Å². The van der Waals surface area contributed by atoms with Crippen LogP contribution in [0.25, 0.3) is 111 Å². The quantitative estimate of drug-likeness (QED) is 0.166. The molecule has 64 heavy (non-hydrogen) atoms. The molecule has 0 N–H and O–H groups in total. The molecule has 0 saturated carbocycles. The Labute approximate surface area is 376 Å². The molecule has 0 heteroatoms. The van der Waals surface area contributed by atoms with Crippen LogP contribution in [-0.4, -0.2) is 0 Å². The molecule has 3 aliphatic carbocycles. The third kappa shape index (κ3) is 5.00. The lowest BCUT2D eigenvalue weighted by Crippen LogP contribution is -2.15. The van der Waals surface area contributed by atoms with E-state index in [1.807, 2.05) is 0 Å². The van der Waals surface area contributed by atoms with Gasteiger partial charge in [0.05, 0.1) is 0 Å². The molecule has 0 aromatic heterocycles. The number of fused-ring (bicyclic) bond motifs is 10. The summed E-state index contributed by atoms with van der Waals surface area (Å²) in [5, 5.41) is 5.23. The number of benzene rings is 10. The lowest BCUT2D eigenvalue weighted by Gasteiger charge is -2.25. The molecule has 0 atom stereocenters. The van der Waals surface area contributed by atoms with E-state index < -0.39 is 0 Å². The summed E-state index contributed by atoms with van der Waals surface area (Å²) in [6.07, 6.45) is 0. The fourth-order valence-electron chi connectivity index (χ4n) is 12.2. The van der Waals surface area contributed by atoms with Crippen molar-refractivity contribution in [2.24, 2.45) is 0 Å². The molecule has 0 amide bonds. The van der Waals surface area contributed by atoms with Gasteiger partial charge in [0.1, 0.15) is 0 Å². The van der Waals surface area contributed by atoms with E-state index in [9.17, 15) is 0 Å². The van der Waals surface area contributed by atoms with E-state index in [4.69, 9.17) is 0 Å². The van der Waals surface area contributed by atoms with Crippen LogP contribution in [0.1, 0.15) is 61.1 Å². The fraction of sp³-hybridized carbons (Fsp3) is 0.125. The molecule has 10 aromatic carbocycles. The summed E-state index contributed by atoms with van der Waals surface area (Å²) in [6.45, 7) is 14.1. The second kappa shape index (κ2) is 13.1. The van der Waals surface area contributed by atoms with Crippen LogP contribution in [0.2, 0.25) is 0 Å². The first-order valence-corrected chi connectivity index (χ1v) is 22.9. The summed E-state index contributed by atoms with van der Waals surface area (Å²) in [5.41, 5.74) is 29.0. The van der Waals surface area contributed by atoms with Crippen LogP contribution in [0, 0.1) is 13.8 Å². The second-order valence-electron chi connectivity index (χ2n) is 19.7. The lowest BCUT2D eigenvalue weighted by atomic mass is 9.78. The van der Waals surface area contributed by atoms with Crippen molar-refractivity contribution in [2.45, 2.75) is 52.4 Å². The van der Waals surface area contributed by atoms with Crippen LogP contribution in [0.5, 0.6) is 0 Å². The van der Waals surface area contributed by atoms with Gasteiger partial charge in [-0.2, -0.15) is 0 Å². The second-order valence-corrected chi connectivity index (χ2v) is 19.7. The van der Waals surface area contributed by atoms with Gasteiger partial charge in [-0.1, -0.05) is 185 Å². The molecule has 0 aliphatic heterocycles. The summed E-state index contributed by atoms with van der Waals surface area (Å²) >= 11 is 0. The summed E-state index contributed by atoms with van der Waals surface area (Å²) in [6, 6.07) is 69.5. The summed E-state index contributed by atoms with van der Waals surface area (Å²) in [4.78, 5) is 0. The standard InChI is InChI=1S/C64H48/c1-37-15-7-9-19-44(37)40-25-29-46-48-31-27-42(35-56(48)63(3,4)54(46)33-40)59-50-21-11-12-22-51(50)60(62-53-24-14-18-39-17-13-23-52(58(39)53)61(59)62)43-28-32-49-47-30-26-41(45-20-10-8-16-38(45)2)34-55(47)64(5,6)57(49)36-43/h7-36H,1-6H3. The number of aryl methyl sites for hydroxylation is 2. The third-order valence-corrected chi connectivity index (χ3v) is 15.5. The van der Waals surface area contributed by atoms with Crippen molar-refractivity contribution in [1.82, 2.24) is 0 Å². The predicted molar refractivity (Wildman–Crippen MR) is 272 cm³/mol. The van der Waals surface area contributed by atoms with Gasteiger partial charge < -0.3 is 0 Å². The average molecular weight is 817 g/mol. The maximum atomic E-state index is 2.54. The average Bonchev–Trinajstić information content (AvgIpc) is 3.85. The molecular weight excluding hydrogens is 769 g/mol. The van der Waals surface area contributed by atoms with E-state index in [1.54, 1.807) is 0 Å². The topological polar surface area (TPSA) is 0 Å². The highest BCUT2D eigenvalue weighted by atomic mass is 14.4. The zero-order chi connectivity index (χ0) is 43.2. The Kier molecular flexibility index (Phi) is 7.65. The van der Waals surface area contributed by atoms with Crippen LogP contribution in [0.4, 0.5) is 0 Å². The van der Waals surface area contributed by atoms with Crippen molar-refractivity contribution in [3.8, 4) is 89.0 Å². The van der Waals surface area contributed by atoms with Gasteiger partial charge in [0.15, 0.2) is 0 Å². The summed E-state index contributed by atoms with van der Waals surface area (Å²) in [7, 11) is 0. The van der Waals surface area contributed by atoms with Gasteiger partial charge in [-0.05, 0) is 182 Å². The molecule has 0 nitrogen and oxygen atoms in total. The summed E-state index contributed by atoms with van der Waals surface area (Å²) < 4.78 is 0. The molecule has 0 bridgehead atoms. The molecule has 0 radical (unpaired) electrons. The minimum absolute atomic E-state index is 0.170.